The molecule has 0 radical (unpaired) electrons. The van der Waals surface area contributed by atoms with E-state index in [4.69, 9.17) is 5.53 Å². The Balaban J connectivity index is 2.86. The number of nitrogens with zero attached hydrogens (tertiary/aromatic N) is 3. The molecule has 1 aromatic rings. The zero-order valence-corrected chi connectivity index (χ0v) is 11.3. The van der Waals surface area contributed by atoms with E-state index in [1.807, 2.05) is 6.07 Å². The summed E-state index contributed by atoms with van der Waals surface area (Å²) in [6.45, 7) is -0.165. The van der Waals surface area contributed by atoms with Gasteiger partial charge < -0.3 is 10.2 Å². The molecular weight excluding hydrogens is 342 g/mol. The van der Waals surface area contributed by atoms with Gasteiger partial charge in [0.2, 0.25) is 0 Å². The van der Waals surface area contributed by atoms with Crippen molar-refractivity contribution in [3.8, 4) is 0 Å². The molecule has 0 saturated carbocycles. The highest BCUT2D eigenvalue weighted by Crippen LogP contribution is 2.26. The molecule has 0 aliphatic heterocycles. The normalized spacial score (nSPS) is 14.0. The smallest absolute Gasteiger partial charge is 0.105 e. The molecule has 0 aliphatic carbocycles. The molecule has 2 N–H and O–H groups in total. The number of aliphatic hydroxyl groups is 2. The van der Waals surface area contributed by atoms with Gasteiger partial charge in [-0.3, -0.25) is 0 Å². The lowest BCUT2D eigenvalue weighted by Crippen LogP contribution is -2.21. The number of hydrogen-bond acceptors (Lipinski definition) is 3. The zero-order chi connectivity index (χ0) is 12.1. The number of halogens is 2. The first-order valence-corrected chi connectivity index (χ1v) is 5.96. The molecule has 0 heterocycles. The number of azide groups is 1. The maximum absolute atomic E-state index is 9.79. The van der Waals surface area contributed by atoms with Crippen LogP contribution in [-0.4, -0.2) is 22.9 Å². The number of aliphatic hydroxyl groups excluding tert-OH is 2. The summed E-state index contributed by atoms with van der Waals surface area (Å²) < 4.78 is 1.57. The van der Waals surface area contributed by atoms with Crippen LogP contribution in [0.4, 0.5) is 0 Å². The molecule has 0 bridgehead atoms. The van der Waals surface area contributed by atoms with Gasteiger partial charge in [0.05, 0.1) is 12.6 Å². The first-order valence-electron chi connectivity index (χ1n) is 4.37. The molecule has 2 atom stereocenters. The maximum atomic E-state index is 9.79. The van der Waals surface area contributed by atoms with Crippen LogP contribution in [0.5, 0.6) is 0 Å². The summed E-state index contributed by atoms with van der Waals surface area (Å²) in [5.41, 5.74) is 8.65. The van der Waals surface area contributed by atoms with Gasteiger partial charge in [0.1, 0.15) is 6.10 Å². The Morgan fingerprint density at radius 1 is 1.25 bits per heavy atom. The van der Waals surface area contributed by atoms with Crippen LogP contribution >= 0.6 is 31.9 Å². The quantitative estimate of drug-likeness (QED) is 0.496. The van der Waals surface area contributed by atoms with E-state index in [9.17, 15) is 10.2 Å². The largest absolute Gasteiger partial charge is 0.390 e. The van der Waals surface area contributed by atoms with E-state index in [2.05, 4.69) is 41.9 Å². The van der Waals surface area contributed by atoms with Gasteiger partial charge in [-0.2, -0.15) is 0 Å². The molecule has 0 spiro atoms. The fourth-order valence-electron chi connectivity index (χ4n) is 1.19. The summed E-state index contributed by atoms with van der Waals surface area (Å²) in [5.74, 6) is 0. The number of hydrogen-bond donors (Lipinski definition) is 2. The lowest BCUT2D eigenvalue weighted by atomic mass is 10.0. The van der Waals surface area contributed by atoms with Gasteiger partial charge in [0.25, 0.3) is 0 Å². The van der Waals surface area contributed by atoms with Crippen molar-refractivity contribution in [2.75, 3.05) is 6.54 Å². The van der Waals surface area contributed by atoms with Crippen LogP contribution in [0.15, 0.2) is 32.3 Å². The third-order valence-corrected chi connectivity index (χ3v) is 2.84. The average molecular weight is 351 g/mol. The summed E-state index contributed by atoms with van der Waals surface area (Å²) >= 11 is 6.56. The molecule has 0 aromatic heterocycles. The van der Waals surface area contributed by atoms with Crippen molar-refractivity contribution >= 4 is 31.9 Å². The van der Waals surface area contributed by atoms with E-state index < -0.39 is 12.2 Å². The van der Waals surface area contributed by atoms with Crippen molar-refractivity contribution in [3.63, 3.8) is 0 Å². The van der Waals surface area contributed by atoms with Gasteiger partial charge in [-0.1, -0.05) is 37.0 Å². The third-order valence-electron chi connectivity index (χ3n) is 1.92. The predicted octanol–water partition coefficient (Wildman–Crippen LogP) is 2.92. The molecule has 86 valence electrons. The molecule has 16 heavy (non-hydrogen) atoms. The molecule has 2 unspecified atom stereocenters. The van der Waals surface area contributed by atoms with Gasteiger partial charge in [0, 0.05) is 13.9 Å². The predicted molar refractivity (Wildman–Crippen MR) is 66.8 cm³/mol. The van der Waals surface area contributed by atoms with Gasteiger partial charge >= 0.3 is 0 Å². The molecule has 0 saturated heterocycles. The highest BCUT2D eigenvalue weighted by molar-refractivity contribution is 9.11. The number of rotatable bonds is 4. The summed E-state index contributed by atoms with van der Waals surface area (Å²) in [4.78, 5) is 2.52. The van der Waals surface area contributed by atoms with Crippen LogP contribution in [0.3, 0.4) is 0 Å². The monoisotopic (exact) mass is 349 g/mol. The average Bonchev–Trinajstić information content (AvgIpc) is 2.23. The Labute approximate surface area is 109 Å². The van der Waals surface area contributed by atoms with Gasteiger partial charge in [0.15, 0.2) is 0 Å². The molecule has 1 aromatic carbocycles. The molecular formula is C9H9Br2N3O2. The van der Waals surface area contributed by atoms with Crippen LogP contribution in [-0.2, 0) is 0 Å². The Kier molecular flexibility index (Phi) is 5.24. The second kappa shape index (κ2) is 6.22. The highest BCUT2D eigenvalue weighted by atomic mass is 79.9. The van der Waals surface area contributed by atoms with Crippen molar-refractivity contribution in [2.24, 2.45) is 5.11 Å². The van der Waals surface area contributed by atoms with E-state index in [1.165, 1.54) is 0 Å². The Morgan fingerprint density at radius 2 is 1.81 bits per heavy atom. The van der Waals surface area contributed by atoms with Gasteiger partial charge in [-0.25, -0.2) is 0 Å². The minimum absolute atomic E-state index is 0.165. The van der Waals surface area contributed by atoms with Crippen LogP contribution in [0.2, 0.25) is 0 Å². The second-order valence-corrected chi connectivity index (χ2v) is 4.96. The first kappa shape index (κ1) is 13.5. The summed E-state index contributed by atoms with van der Waals surface area (Å²) in [6.07, 6.45) is -2.20. The second-order valence-electron chi connectivity index (χ2n) is 3.13. The summed E-state index contributed by atoms with van der Waals surface area (Å²) in [7, 11) is 0. The first-order chi connectivity index (χ1) is 7.54. The van der Waals surface area contributed by atoms with Crippen molar-refractivity contribution in [2.45, 2.75) is 12.2 Å². The van der Waals surface area contributed by atoms with Gasteiger partial charge in [-0.15, -0.1) is 0 Å². The summed E-state index contributed by atoms with van der Waals surface area (Å²) in [6, 6.07) is 5.19. The molecule has 0 aliphatic rings. The molecule has 0 amide bonds. The SMILES string of the molecule is [N-]=[N+]=NCC(O)C(O)c1cc(Br)cc(Br)c1. The summed E-state index contributed by atoms with van der Waals surface area (Å²) in [5, 5.41) is 22.5. The maximum Gasteiger partial charge on any atom is 0.105 e. The molecule has 0 fully saturated rings. The fourth-order valence-corrected chi connectivity index (χ4v) is 2.52. The van der Waals surface area contributed by atoms with Crippen LogP contribution in [0, 0.1) is 0 Å². The third kappa shape index (κ3) is 3.77. The zero-order valence-electron chi connectivity index (χ0n) is 8.09. The van der Waals surface area contributed by atoms with E-state index in [1.54, 1.807) is 12.1 Å². The Bertz CT molecular complexity index is 401. The van der Waals surface area contributed by atoms with E-state index in [0.29, 0.717) is 5.56 Å². The minimum atomic E-state index is -1.11. The van der Waals surface area contributed by atoms with Crippen LogP contribution in [0.1, 0.15) is 11.7 Å². The lowest BCUT2D eigenvalue weighted by molar-refractivity contribution is 0.0243. The minimum Gasteiger partial charge on any atom is -0.390 e. The van der Waals surface area contributed by atoms with E-state index in [0.717, 1.165) is 8.95 Å². The highest BCUT2D eigenvalue weighted by Gasteiger charge is 2.18. The van der Waals surface area contributed by atoms with Gasteiger partial charge in [-0.05, 0) is 29.3 Å². The molecule has 5 nitrogen and oxygen atoms in total. The Morgan fingerprint density at radius 3 is 2.31 bits per heavy atom. The van der Waals surface area contributed by atoms with Crippen LogP contribution < -0.4 is 0 Å². The fraction of sp³-hybridized carbons (Fsp3) is 0.333. The van der Waals surface area contributed by atoms with Crippen molar-refractivity contribution in [1.29, 1.82) is 0 Å². The standard InChI is InChI=1S/C9H9Br2N3O2/c10-6-1-5(2-7(11)3-6)9(16)8(15)4-13-14-12/h1-3,8-9,15-16H,4H2. The van der Waals surface area contributed by atoms with Crippen molar-refractivity contribution in [3.05, 3.63) is 43.2 Å². The lowest BCUT2D eigenvalue weighted by Gasteiger charge is -2.16. The molecule has 7 heteroatoms. The molecule has 1 rings (SSSR count). The van der Waals surface area contributed by atoms with Crippen molar-refractivity contribution < 1.29 is 10.2 Å². The Hall–Kier alpha value is -0.590. The van der Waals surface area contributed by atoms with E-state index in [-0.39, 0.29) is 6.54 Å². The number of benzene rings is 1. The van der Waals surface area contributed by atoms with Crippen LogP contribution in [0.25, 0.3) is 10.4 Å². The topological polar surface area (TPSA) is 89.2 Å². The van der Waals surface area contributed by atoms with Crippen molar-refractivity contribution in [1.82, 2.24) is 0 Å². The van der Waals surface area contributed by atoms with E-state index >= 15 is 0 Å².